The molecule has 0 radical (unpaired) electrons. The van der Waals surface area contributed by atoms with Gasteiger partial charge in [0.2, 0.25) is 0 Å². The average molecular weight is 174 g/mol. The van der Waals surface area contributed by atoms with E-state index in [0.717, 1.165) is 11.8 Å². The third-order valence-electron chi connectivity index (χ3n) is 3.36. The predicted octanol–water partition coefficient (Wildman–Crippen LogP) is 3.68. The summed E-state index contributed by atoms with van der Waals surface area (Å²) in [6.07, 6.45) is 2.66. The van der Waals surface area contributed by atoms with Crippen LogP contribution >= 0.6 is 0 Å². The third kappa shape index (κ3) is 1.39. The second-order valence-corrected chi connectivity index (χ2v) is 4.53. The van der Waals surface area contributed by atoms with Crippen LogP contribution in [0.15, 0.2) is 18.2 Å². The van der Waals surface area contributed by atoms with Gasteiger partial charge in [0.05, 0.1) is 0 Å². The van der Waals surface area contributed by atoms with Crippen LogP contribution in [-0.4, -0.2) is 0 Å². The topological polar surface area (TPSA) is 0 Å². The Kier molecular flexibility index (Phi) is 2.15. The molecular formula is C13H18. The third-order valence-corrected chi connectivity index (χ3v) is 3.36. The van der Waals surface area contributed by atoms with Gasteiger partial charge in [0.25, 0.3) is 0 Å². The van der Waals surface area contributed by atoms with Gasteiger partial charge in [0.15, 0.2) is 0 Å². The van der Waals surface area contributed by atoms with E-state index in [0.29, 0.717) is 0 Å². The number of aryl methyl sites for hydroxylation is 1. The molecule has 1 aliphatic carbocycles. The van der Waals surface area contributed by atoms with Crippen molar-refractivity contribution >= 4 is 0 Å². The first kappa shape index (κ1) is 8.80. The quantitative estimate of drug-likeness (QED) is 0.609. The molecule has 0 aliphatic heterocycles. The van der Waals surface area contributed by atoms with Crippen molar-refractivity contribution < 1.29 is 0 Å². The number of fused-ring (bicyclic) bond motifs is 1. The molecule has 70 valence electrons. The highest BCUT2D eigenvalue weighted by Gasteiger charge is 2.25. The first-order valence-corrected chi connectivity index (χ1v) is 5.28. The van der Waals surface area contributed by atoms with Crippen LogP contribution in [0.3, 0.4) is 0 Å². The van der Waals surface area contributed by atoms with Crippen molar-refractivity contribution in [2.45, 2.75) is 39.5 Å². The predicted molar refractivity (Wildman–Crippen MR) is 57.1 cm³/mol. The van der Waals surface area contributed by atoms with Gasteiger partial charge in [-0.05, 0) is 48.3 Å². The van der Waals surface area contributed by atoms with Gasteiger partial charge in [-0.2, -0.15) is 0 Å². The summed E-state index contributed by atoms with van der Waals surface area (Å²) < 4.78 is 0. The summed E-state index contributed by atoms with van der Waals surface area (Å²) in [5.74, 6) is 1.61. The maximum atomic E-state index is 2.34. The monoisotopic (exact) mass is 174 g/mol. The lowest BCUT2D eigenvalue weighted by Gasteiger charge is -2.15. The molecule has 1 aliphatic rings. The second kappa shape index (κ2) is 3.17. The molecule has 1 unspecified atom stereocenters. The van der Waals surface area contributed by atoms with Crippen molar-refractivity contribution in [1.29, 1.82) is 0 Å². The van der Waals surface area contributed by atoms with E-state index < -0.39 is 0 Å². The van der Waals surface area contributed by atoms with Gasteiger partial charge in [-0.1, -0.05) is 32.0 Å². The molecule has 0 heteroatoms. The van der Waals surface area contributed by atoms with E-state index in [2.05, 4.69) is 39.0 Å². The number of hydrogen-bond acceptors (Lipinski definition) is 0. The van der Waals surface area contributed by atoms with E-state index in [4.69, 9.17) is 0 Å². The molecule has 1 aromatic carbocycles. The Balaban J connectivity index is 2.43. The maximum absolute atomic E-state index is 2.34. The fraction of sp³-hybridized carbons (Fsp3) is 0.538. The molecule has 1 aromatic rings. The van der Waals surface area contributed by atoms with E-state index >= 15 is 0 Å². The van der Waals surface area contributed by atoms with E-state index in [9.17, 15) is 0 Å². The van der Waals surface area contributed by atoms with E-state index in [1.165, 1.54) is 18.4 Å². The van der Waals surface area contributed by atoms with Crippen LogP contribution in [0.1, 0.15) is 42.9 Å². The van der Waals surface area contributed by atoms with E-state index in [1.807, 2.05) is 0 Å². The first-order chi connectivity index (χ1) is 6.20. The van der Waals surface area contributed by atoms with Crippen molar-refractivity contribution in [3.8, 4) is 0 Å². The Hall–Kier alpha value is -0.780. The molecule has 0 amide bonds. The van der Waals surface area contributed by atoms with Crippen LogP contribution in [0.2, 0.25) is 0 Å². The largest absolute Gasteiger partial charge is 0.0622 e. The Morgan fingerprint density at radius 2 is 2.08 bits per heavy atom. The van der Waals surface area contributed by atoms with Crippen molar-refractivity contribution in [1.82, 2.24) is 0 Å². The zero-order valence-electron chi connectivity index (χ0n) is 8.80. The van der Waals surface area contributed by atoms with Crippen LogP contribution in [0, 0.1) is 12.8 Å². The molecule has 0 nitrogen and oxygen atoms in total. The normalized spacial score (nSPS) is 20.8. The van der Waals surface area contributed by atoms with E-state index in [-0.39, 0.29) is 0 Å². The smallest absolute Gasteiger partial charge is 0.0133 e. The van der Waals surface area contributed by atoms with E-state index in [1.54, 1.807) is 11.1 Å². The molecule has 0 N–H and O–H groups in total. The fourth-order valence-corrected chi connectivity index (χ4v) is 2.56. The van der Waals surface area contributed by atoms with Crippen LogP contribution in [0.5, 0.6) is 0 Å². The summed E-state index contributed by atoms with van der Waals surface area (Å²) in [6.45, 7) is 6.91. The fourth-order valence-electron chi connectivity index (χ4n) is 2.56. The standard InChI is InChI=1S/C13H18/c1-9(2)11-7-8-12-10(3)5-4-6-13(11)12/h4-6,9,11H,7-8H2,1-3H3. The summed E-state index contributed by atoms with van der Waals surface area (Å²) in [7, 11) is 0. The minimum atomic E-state index is 0.794. The van der Waals surface area contributed by atoms with Gasteiger partial charge < -0.3 is 0 Å². The minimum absolute atomic E-state index is 0.794. The molecule has 0 bridgehead atoms. The molecule has 1 atom stereocenters. The highest BCUT2D eigenvalue weighted by Crippen LogP contribution is 2.39. The second-order valence-electron chi connectivity index (χ2n) is 4.53. The van der Waals surface area contributed by atoms with Crippen LogP contribution < -0.4 is 0 Å². The van der Waals surface area contributed by atoms with Crippen LogP contribution in [-0.2, 0) is 6.42 Å². The lowest BCUT2D eigenvalue weighted by Crippen LogP contribution is -2.01. The summed E-state index contributed by atoms with van der Waals surface area (Å²) >= 11 is 0. The van der Waals surface area contributed by atoms with Crippen LogP contribution in [0.25, 0.3) is 0 Å². The highest BCUT2D eigenvalue weighted by atomic mass is 14.3. The number of benzene rings is 1. The SMILES string of the molecule is Cc1cccc2c1CCC2C(C)C. The Labute approximate surface area is 81.0 Å². The highest BCUT2D eigenvalue weighted by molar-refractivity contribution is 5.40. The van der Waals surface area contributed by atoms with Crippen molar-refractivity contribution in [2.75, 3.05) is 0 Å². The molecule has 0 aromatic heterocycles. The van der Waals surface area contributed by atoms with Crippen LogP contribution in [0.4, 0.5) is 0 Å². The summed E-state index contributed by atoms with van der Waals surface area (Å²) in [4.78, 5) is 0. The van der Waals surface area contributed by atoms with Gasteiger partial charge >= 0.3 is 0 Å². The summed E-state index contributed by atoms with van der Waals surface area (Å²) in [5, 5.41) is 0. The Morgan fingerprint density at radius 1 is 1.31 bits per heavy atom. The minimum Gasteiger partial charge on any atom is -0.0622 e. The molecule has 13 heavy (non-hydrogen) atoms. The van der Waals surface area contributed by atoms with Gasteiger partial charge in [-0.25, -0.2) is 0 Å². The van der Waals surface area contributed by atoms with Crippen molar-refractivity contribution in [3.05, 3.63) is 34.9 Å². The Morgan fingerprint density at radius 3 is 2.77 bits per heavy atom. The molecule has 2 rings (SSSR count). The molecule has 0 saturated heterocycles. The average Bonchev–Trinajstić information content (AvgIpc) is 2.48. The summed E-state index contributed by atoms with van der Waals surface area (Å²) in [5.41, 5.74) is 4.73. The van der Waals surface area contributed by atoms with Crippen molar-refractivity contribution in [2.24, 2.45) is 5.92 Å². The summed E-state index contributed by atoms with van der Waals surface area (Å²) in [6, 6.07) is 6.76. The molecule has 0 saturated carbocycles. The first-order valence-electron chi connectivity index (χ1n) is 5.28. The van der Waals surface area contributed by atoms with Gasteiger partial charge in [0.1, 0.15) is 0 Å². The lowest BCUT2D eigenvalue weighted by molar-refractivity contribution is 0.496. The maximum Gasteiger partial charge on any atom is -0.0133 e. The Bertz CT molecular complexity index is 310. The molecule has 0 spiro atoms. The van der Waals surface area contributed by atoms with Crippen molar-refractivity contribution in [3.63, 3.8) is 0 Å². The molecular weight excluding hydrogens is 156 g/mol. The van der Waals surface area contributed by atoms with Gasteiger partial charge in [-0.15, -0.1) is 0 Å². The zero-order valence-corrected chi connectivity index (χ0v) is 8.80. The number of rotatable bonds is 1. The van der Waals surface area contributed by atoms with Gasteiger partial charge in [0, 0.05) is 0 Å². The molecule has 0 heterocycles. The molecule has 0 fully saturated rings. The van der Waals surface area contributed by atoms with Gasteiger partial charge in [-0.3, -0.25) is 0 Å². The number of hydrogen-bond donors (Lipinski definition) is 0. The zero-order chi connectivity index (χ0) is 9.42. The lowest BCUT2D eigenvalue weighted by atomic mass is 9.90.